The van der Waals surface area contributed by atoms with Gasteiger partial charge in [0, 0.05) is 11.8 Å². The molecule has 18 heavy (non-hydrogen) atoms. The van der Waals surface area contributed by atoms with Gasteiger partial charge in [-0.05, 0) is 36.4 Å². The third kappa shape index (κ3) is 1.69. The van der Waals surface area contributed by atoms with Crippen molar-refractivity contribution < 1.29 is 9.13 Å². The van der Waals surface area contributed by atoms with E-state index in [-0.39, 0.29) is 5.82 Å². The highest BCUT2D eigenvalue weighted by Gasteiger charge is 2.09. The molecule has 0 N–H and O–H groups in total. The van der Waals surface area contributed by atoms with Crippen LogP contribution in [0.2, 0.25) is 0 Å². The molecule has 0 saturated heterocycles. The van der Waals surface area contributed by atoms with E-state index in [1.165, 1.54) is 12.1 Å². The highest BCUT2D eigenvalue weighted by Crippen LogP contribution is 2.21. The first-order valence-corrected chi connectivity index (χ1v) is 5.43. The summed E-state index contributed by atoms with van der Waals surface area (Å²) in [4.78, 5) is 4.39. The number of benzene rings is 1. The monoisotopic (exact) mass is 243 g/mol. The van der Waals surface area contributed by atoms with Crippen LogP contribution in [-0.4, -0.2) is 21.7 Å². The first-order chi connectivity index (χ1) is 8.78. The minimum absolute atomic E-state index is 0.278. The van der Waals surface area contributed by atoms with Crippen molar-refractivity contribution in [1.82, 2.24) is 14.6 Å². The molecule has 90 valence electrons. The highest BCUT2D eigenvalue weighted by molar-refractivity contribution is 5.61. The smallest absolute Gasteiger partial charge is 0.198 e. The zero-order chi connectivity index (χ0) is 12.5. The van der Waals surface area contributed by atoms with Crippen molar-refractivity contribution in [3.05, 3.63) is 48.4 Å². The summed E-state index contributed by atoms with van der Waals surface area (Å²) in [6, 6.07) is 9.72. The lowest BCUT2D eigenvalue weighted by Gasteiger charge is -1.98. The van der Waals surface area contributed by atoms with Gasteiger partial charge in [0.05, 0.1) is 7.11 Å². The molecule has 3 rings (SSSR count). The molecule has 0 fully saturated rings. The second-order valence-corrected chi connectivity index (χ2v) is 3.79. The van der Waals surface area contributed by atoms with Crippen LogP contribution in [0.3, 0.4) is 0 Å². The Balaban J connectivity index is 2.16. The first-order valence-electron chi connectivity index (χ1n) is 5.43. The Morgan fingerprint density at radius 3 is 2.67 bits per heavy atom. The predicted octanol–water partition coefficient (Wildman–Crippen LogP) is 2.54. The van der Waals surface area contributed by atoms with Gasteiger partial charge in [-0.1, -0.05) is 0 Å². The van der Waals surface area contributed by atoms with Gasteiger partial charge in [-0.25, -0.2) is 13.9 Å². The van der Waals surface area contributed by atoms with Crippen LogP contribution < -0.4 is 4.74 Å². The summed E-state index contributed by atoms with van der Waals surface area (Å²) in [5.74, 6) is 0.915. The van der Waals surface area contributed by atoms with Crippen molar-refractivity contribution >= 4 is 5.65 Å². The van der Waals surface area contributed by atoms with Crippen molar-refractivity contribution in [2.45, 2.75) is 0 Å². The number of aromatic nitrogens is 3. The molecule has 0 saturated carbocycles. The number of rotatable bonds is 2. The van der Waals surface area contributed by atoms with Gasteiger partial charge in [0.15, 0.2) is 17.2 Å². The molecule has 2 aromatic heterocycles. The number of hydrogen-bond acceptors (Lipinski definition) is 3. The van der Waals surface area contributed by atoms with E-state index in [1.807, 2.05) is 12.1 Å². The standard InChI is InChI=1S/C13H10FN3O/c1-18-11-3-2-8-17-13(11)15-12(16-17)9-4-6-10(14)7-5-9/h2-8H,1H3. The van der Waals surface area contributed by atoms with Crippen LogP contribution in [0.25, 0.3) is 17.0 Å². The molecule has 4 nitrogen and oxygen atoms in total. The number of methoxy groups -OCH3 is 1. The number of halogens is 1. The van der Waals surface area contributed by atoms with Gasteiger partial charge in [0.1, 0.15) is 5.82 Å². The van der Waals surface area contributed by atoms with Crippen LogP contribution in [0.1, 0.15) is 0 Å². The van der Waals surface area contributed by atoms with E-state index < -0.39 is 0 Å². The second kappa shape index (κ2) is 4.10. The molecule has 0 unspecified atom stereocenters. The maximum Gasteiger partial charge on any atom is 0.198 e. The molecule has 0 aliphatic rings. The van der Waals surface area contributed by atoms with Gasteiger partial charge in [-0.3, -0.25) is 0 Å². The van der Waals surface area contributed by atoms with Gasteiger partial charge in [-0.15, -0.1) is 5.10 Å². The maximum atomic E-state index is 12.9. The molecular weight excluding hydrogens is 233 g/mol. The maximum absolute atomic E-state index is 12.9. The minimum atomic E-state index is -0.278. The van der Waals surface area contributed by atoms with Crippen molar-refractivity contribution in [2.75, 3.05) is 7.11 Å². The lowest BCUT2D eigenvalue weighted by Crippen LogP contribution is -1.90. The zero-order valence-electron chi connectivity index (χ0n) is 9.67. The minimum Gasteiger partial charge on any atom is -0.493 e. The van der Waals surface area contributed by atoms with Crippen LogP contribution >= 0.6 is 0 Å². The van der Waals surface area contributed by atoms with Crippen molar-refractivity contribution in [3.8, 4) is 17.1 Å². The third-order valence-electron chi connectivity index (χ3n) is 2.65. The molecule has 5 heteroatoms. The highest BCUT2D eigenvalue weighted by atomic mass is 19.1. The Kier molecular flexibility index (Phi) is 2.44. The van der Waals surface area contributed by atoms with Crippen LogP contribution in [0.5, 0.6) is 5.75 Å². The molecule has 0 aliphatic carbocycles. The molecule has 0 amide bonds. The van der Waals surface area contributed by atoms with E-state index in [2.05, 4.69) is 10.1 Å². The molecular formula is C13H10FN3O. The third-order valence-corrected chi connectivity index (χ3v) is 2.65. The normalized spacial score (nSPS) is 10.8. The summed E-state index contributed by atoms with van der Waals surface area (Å²) in [7, 11) is 1.58. The fourth-order valence-corrected chi connectivity index (χ4v) is 1.76. The number of pyridine rings is 1. The van der Waals surface area contributed by atoms with E-state index in [1.54, 1.807) is 30.0 Å². The molecule has 2 heterocycles. The number of fused-ring (bicyclic) bond motifs is 1. The van der Waals surface area contributed by atoms with Crippen molar-refractivity contribution in [3.63, 3.8) is 0 Å². The van der Waals surface area contributed by atoms with Crippen LogP contribution in [0.15, 0.2) is 42.6 Å². The van der Waals surface area contributed by atoms with Gasteiger partial charge in [-0.2, -0.15) is 0 Å². The molecule has 3 aromatic rings. The van der Waals surface area contributed by atoms with E-state index in [0.29, 0.717) is 17.2 Å². The van der Waals surface area contributed by atoms with Gasteiger partial charge in [0.2, 0.25) is 0 Å². The lowest BCUT2D eigenvalue weighted by molar-refractivity contribution is 0.416. The Labute approximate surface area is 103 Å². The fraction of sp³-hybridized carbons (Fsp3) is 0.0769. The lowest BCUT2D eigenvalue weighted by atomic mass is 10.2. The van der Waals surface area contributed by atoms with Gasteiger partial charge in [0.25, 0.3) is 0 Å². The van der Waals surface area contributed by atoms with E-state index in [4.69, 9.17) is 4.74 Å². The summed E-state index contributed by atoms with van der Waals surface area (Å²) in [6.45, 7) is 0. The Morgan fingerprint density at radius 1 is 1.17 bits per heavy atom. The average Bonchev–Trinajstić information content (AvgIpc) is 2.83. The number of nitrogens with zero attached hydrogens (tertiary/aromatic N) is 3. The van der Waals surface area contributed by atoms with E-state index in [9.17, 15) is 4.39 Å². The molecule has 0 aliphatic heterocycles. The van der Waals surface area contributed by atoms with E-state index >= 15 is 0 Å². The number of hydrogen-bond donors (Lipinski definition) is 0. The summed E-state index contributed by atoms with van der Waals surface area (Å²) in [5, 5.41) is 4.32. The quantitative estimate of drug-likeness (QED) is 0.694. The second-order valence-electron chi connectivity index (χ2n) is 3.79. The Morgan fingerprint density at radius 2 is 1.94 bits per heavy atom. The number of ether oxygens (including phenoxy) is 1. The summed E-state index contributed by atoms with van der Waals surface area (Å²) in [6.07, 6.45) is 1.79. The SMILES string of the molecule is COc1cccn2nc(-c3ccc(F)cc3)nc12. The Bertz CT molecular complexity index is 691. The molecule has 0 radical (unpaired) electrons. The largest absolute Gasteiger partial charge is 0.493 e. The summed E-state index contributed by atoms with van der Waals surface area (Å²) < 4.78 is 19.7. The van der Waals surface area contributed by atoms with Crippen molar-refractivity contribution in [2.24, 2.45) is 0 Å². The van der Waals surface area contributed by atoms with Crippen LogP contribution in [0, 0.1) is 5.82 Å². The van der Waals surface area contributed by atoms with Gasteiger partial charge < -0.3 is 4.74 Å². The molecule has 0 atom stereocenters. The molecule has 0 spiro atoms. The predicted molar refractivity (Wildman–Crippen MR) is 64.9 cm³/mol. The molecule has 0 bridgehead atoms. The summed E-state index contributed by atoms with van der Waals surface area (Å²) >= 11 is 0. The topological polar surface area (TPSA) is 39.4 Å². The summed E-state index contributed by atoms with van der Waals surface area (Å²) in [5.41, 5.74) is 1.40. The zero-order valence-corrected chi connectivity index (χ0v) is 9.67. The van der Waals surface area contributed by atoms with Crippen LogP contribution in [-0.2, 0) is 0 Å². The van der Waals surface area contributed by atoms with Crippen molar-refractivity contribution in [1.29, 1.82) is 0 Å². The van der Waals surface area contributed by atoms with Gasteiger partial charge >= 0.3 is 0 Å². The fourth-order valence-electron chi connectivity index (χ4n) is 1.76. The van der Waals surface area contributed by atoms with Crippen LogP contribution in [0.4, 0.5) is 4.39 Å². The average molecular weight is 243 g/mol. The first kappa shape index (κ1) is 10.7. The van der Waals surface area contributed by atoms with E-state index in [0.717, 1.165) is 5.56 Å². The molecule has 1 aromatic carbocycles. The Hall–Kier alpha value is -2.43.